The van der Waals surface area contributed by atoms with Gasteiger partial charge in [-0.2, -0.15) is 5.10 Å². The number of nitrogens with zero attached hydrogens (tertiary/aromatic N) is 2. The molecule has 1 heterocycles. The second kappa shape index (κ2) is 4.11. The van der Waals surface area contributed by atoms with E-state index in [4.69, 9.17) is 5.73 Å². The Hall–Kier alpha value is -0.870. The summed E-state index contributed by atoms with van der Waals surface area (Å²) in [7, 11) is 0. The molecule has 1 aromatic heterocycles. The van der Waals surface area contributed by atoms with E-state index < -0.39 is 5.60 Å². The van der Waals surface area contributed by atoms with Crippen LogP contribution in [0.5, 0.6) is 0 Å². The molecule has 0 aliphatic carbocycles. The van der Waals surface area contributed by atoms with Crippen LogP contribution in [0.15, 0.2) is 12.4 Å². The third kappa shape index (κ3) is 2.56. The van der Waals surface area contributed by atoms with Crippen molar-refractivity contribution in [1.29, 1.82) is 0 Å². The molecule has 0 saturated heterocycles. The molecule has 0 fully saturated rings. The van der Waals surface area contributed by atoms with Crippen LogP contribution < -0.4 is 5.73 Å². The Morgan fingerprint density at radius 1 is 1.64 bits per heavy atom. The number of hydrogen-bond donors (Lipinski definition) is 2. The molecule has 3 N–H and O–H groups in total. The monoisotopic (exact) mass is 197 g/mol. The zero-order chi connectivity index (χ0) is 10.8. The topological polar surface area (TPSA) is 64.1 Å². The highest BCUT2D eigenvalue weighted by Crippen LogP contribution is 2.18. The third-order valence-electron chi connectivity index (χ3n) is 2.20. The first-order chi connectivity index (χ1) is 6.45. The van der Waals surface area contributed by atoms with Gasteiger partial charge < -0.3 is 10.8 Å². The van der Waals surface area contributed by atoms with Crippen LogP contribution in [0.2, 0.25) is 0 Å². The first-order valence-electron chi connectivity index (χ1n) is 4.91. The molecular weight excluding hydrogens is 178 g/mol. The SMILES string of the molecule is CC(C)Cn1cc(C(C)(O)CN)cn1. The van der Waals surface area contributed by atoms with Gasteiger partial charge in [0, 0.05) is 24.8 Å². The number of rotatable bonds is 4. The largest absolute Gasteiger partial charge is 0.384 e. The molecule has 1 atom stereocenters. The van der Waals surface area contributed by atoms with Gasteiger partial charge in [-0.15, -0.1) is 0 Å². The summed E-state index contributed by atoms with van der Waals surface area (Å²) in [6.45, 7) is 7.02. The summed E-state index contributed by atoms with van der Waals surface area (Å²) in [4.78, 5) is 0. The maximum Gasteiger partial charge on any atom is 0.102 e. The third-order valence-corrected chi connectivity index (χ3v) is 2.20. The van der Waals surface area contributed by atoms with E-state index in [0.29, 0.717) is 5.92 Å². The quantitative estimate of drug-likeness (QED) is 0.747. The lowest BCUT2D eigenvalue weighted by Gasteiger charge is -2.18. The van der Waals surface area contributed by atoms with Crippen molar-refractivity contribution in [3.63, 3.8) is 0 Å². The van der Waals surface area contributed by atoms with Crippen molar-refractivity contribution in [3.05, 3.63) is 18.0 Å². The van der Waals surface area contributed by atoms with Gasteiger partial charge in [-0.05, 0) is 12.8 Å². The minimum atomic E-state index is -0.963. The number of aromatic nitrogens is 2. The molecule has 80 valence electrons. The van der Waals surface area contributed by atoms with E-state index >= 15 is 0 Å². The van der Waals surface area contributed by atoms with E-state index in [1.54, 1.807) is 13.1 Å². The predicted molar refractivity (Wildman–Crippen MR) is 55.7 cm³/mol. The molecular formula is C10H19N3O. The standard InChI is InChI=1S/C10H19N3O/c1-8(2)5-13-6-9(4-12-13)10(3,14)7-11/h4,6,8,14H,5,7,11H2,1-3H3. The molecule has 1 aromatic rings. The Labute approximate surface area is 84.7 Å². The zero-order valence-electron chi connectivity index (χ0n) is 9.07. The average Bonchev–Trinajstić information content (AvgIpc) is 2.52. The summed E-state index contributed by atoms with van der Waals surface area (Å²) >= 11 is 0. The van der Waals surface area contributed by atoms with Crippen LogP contribution in [0.25, 0.3) is 0 Å². The number of hydrogen-bond acceptors (Lipinski definition) is 3. The van der Waals surface area contributed by atoms with Crippen LogP contribution >= 0.6 is 0 Å². The molecule has 0 aliphatic rings. The van der Waals surface area contributed by atoms with Gasteiger partial charge in [0.2, 0.25) is 0 Å². The summed E-state index contributed by atoms with van der Waals surface area (Å²) in [5, 5.41) is 14.0. The summed E-state index contributed by atoms with van der Waals surface area (Å²) < 4.78 is 1.84. The lowest BCUT2D eigenvalue weighted by molar-refractivity contribution is 0.0667. The maximum atomic E-state index is 9.86. The highest BCUT2D eigenvalue weighted by atomic mass is 16.3. The normalized spacial score (nSPS) is 15.9. The van der Waals surface area contributed by atoms with Gasteiger partial charge in [0.05, 0.1) is 6.20 Å². The Balaban J connectivity index is 2.77. The molecule has 0 amide bonds. The van der Waals surface area contributed by atoms with Gasteiger partial charge in [-0.25, -0.2) is 0 Å². The van der Waals surface area contributed by atoms with Crippen LogP contribution in [0.1, 0.15) is 26.3 Å². The van der Waals surface area contributed by atoms with Crippen LogP contribution in [-0.4, -0.2) is 21.4 Å². The van der Waals surface area contributed by atoms with Crippen LogP contribution in [0.3, 0.4) is 0 Å². The van der Waals surface area contributed by atoms with Crippen molar-refractivity contribution in [2.75, 3.05) is 6.54 Å². The van der Waals surface area contributed by atoms with Crippen molar-refractivity contribution >= 4 is 0 Å². The molecule has 14 heavy (non-hydrogen) atoms. The van der Waals surface area contributed by atoms with Crippen LogP contribution in [-0.2, 0) is 12.1 Å². The van der Waals surface area contributed by atoms with Crippen LogP contribution in [0, 0.1) is 5.92 Å². The second-order valence-electron chi connectivity index (χ2n) is 4.32. The van der Waals surface area contributed by atoms with Gasteiger partial charge in [-0.3, -0.25) is 4.68 Å². The van der Waals surface area contributed by atoms with Crippen molar-refractivity contribution < 1.29 is 5.11 Å². The second-order valence-corrected chi connectivity index (χ2v) is 4.32. The van der Waals surface area contributed by atoms with Crippen LogP contribution in [0.4, 0.5) is 0 Å². The number of aliphatic hydroxyl groups is 1. The lowest BCUT2D eigenvalue weighted by atomic mass is 10.0. The Bertz CT molecular complexity index is 291. The number of nitrogens with two attached hydrogens (primary N) is 1. The lowest BCUT2D eigenvalue weighted by Crippen LogP contribution is -2.30. The smallest absolute Gasteiger partial charge is 0.102 e. The van der Waals surface area contributed by atoms with Crippen molar-refractivity contribution in [3.8, 4) is 0 Å². The van der Waals surface area contributed by atoms with E-state index in [1.807, 2.05) is 10.9 Å². The summed E-state index contributed by atoms with van der Waals surface area (Å²) in [5.41, 5.74) is 5.28. The van der Waals surface area contributed by atoms with Crippen molar-refractivity contribution in [2.24, 2.45) is 11.7 Å². The van der Waals surface area contributed by atoms with E-state index in [9.17, 15) is 5.11 Å². The molecule has 4 heteroatoms. The molecule has 1 rings (SSSR count). The molecule has 0 spiro atoms. The van der Waals surface area contributed by atoms with E-state index in [-0.39, 0.29) is 6.54 Å². The molecule has 1 unspecified atom stereocenters. The fourth-order valence-electron chi connectivity index (χ4n) is 1.23. The molecule has 0 radical (unpaired) electrons. The van der Waals surface area contributed by atoms with Gasteiger partial charge in [0.15, 0.2) is 0 Å². The van der Waals surface area contributed by atoms with Crippen molar-refractivity contribution in [2.45, 2.75) is 32.9 Å². The molecule has 0 aliphatic heterocycles. The first-order valence-corrected chi connectivity index (χ1v) is 4.91. The molecule has 4 nitrogen and oxygen atoms in total. The summed E-state index contributed by atoms with van der Waals surface area (Å²) in [6, 6.07) is 0. The molecule has 0 aromatic carbocycles. The molecule has 0 bridgehead atoms. The minimum Gasteiger partial charge on any atom is -0.384 e. The van der Waals surface area contributed by atoms with E-state index in [2.05, 4.69) is 18.9 Å². The van der Waals surface area contributed by atoms with Gasteiger partial charge in [0.1, 0.15) is 5.60 Å². The first kappa shape index (κ1) is 11.2. The Kier molecular flexibility index (Phi) is 3.29. The zero-order valence-corrected chi connectivity index (χ0v) is 9.07. The van der Waals surface area contributed by atoms with E-state index in [0.717, 1.165) is 12.1 Å². The van der Waals surface area contributed by atoms with E-state index in [1.165, 1.54) is 0 Å². The van der Waals surface area contributed by atoms with Gasteiger partial charge in [-0.1, -0.05) is 13.8 Å². The summed E-state index contributed by atoms with van der Waals surface area (Å²) in [6.07, 6.45) is 3.53. The Morgan fingerprint density at radius 2 is 2.29 bits per heavy atom. The fraction of sp³-hybridized carbons (Fsp3) is 0.700. The van der Waals surface area contributed by atoms with Gasteiger partial charge in [0.25, 0.3) is 0 Å². The minimum absolute atomic E-state index is 0.209. The Morgan fingerprint density at radius 3 is 2.79 bits per heavy atom. The highest BCUT2D eigenvalue weighted by molar-refractivity contribution is 5.14. The molecule has 0 saturated carbocycles. The highest BCUT2D eigenvalue weighted by Gasteiger charge is 2.22. The maximum absolute atomic E-state index is 9.86. The predicted octanol–water partition coefficient (Wildman–Crippen LogP) is 0.705. The average molecular weight is 197 g/mol. The summed E-state index contributed by atoms with van der Waals surface area (Å²) in [5.74, 6) is 0.547. The van der Waals surface area contributed by atoms with Crippen molar-refractivity contribution in [1.82, 2.24) is 9.78 Å². The fourth-order valence-corrected chi connectivity index (χ4v) is 1.23. The van der Waals surface area contributed by atoms with Gasteiger partial charge >= 0.3 is 0 Å².